The summed E-state index contributed by atoms with van der Waals surface area (Å²) in [5.74, 6) is -0.961. The van der Waals surface area contributed by atoms with E-state index < -0.39 is 11.8 Å². The monoisotopic (exact) mass is 287 g/mol. The maximum Gasteiger partial charge on any atom is 0.259 e. The number of nitrogens with one attached hydrogen (secondary N) is 3. The van der Waals surface area contributed by atoms with E-state index in [1.165, 1.54) is 18.9 Å². The van der Waals surface area contributed by atoms with E-state index in [0.717, 1.165) is 12.8 Å². The van der Waals surface area contributed by atoms with Gasteiger partial charge in [-0.2, -0.15) is 0 Å². The summed E-state index contributed by atoms with van der Waals surface area (Å²) in [4.78, 5) is 34.9. The lowest BCUT2D eigenvalue weighted by atomic mass is 10.1. The van der Waals surface area contributed by atoms with E-state index in [4.69, 9.17) is 0 Å². The van der Waals surface area contributed by atoms with Gasteiger partial charge in [-0.25, -0.2) is 0 Å². The molecule has 0 spiro atoms. The number of imide groups is 1. The Morgan fingerprint density at radius 1 is 1.14 bits per heavy atom. The normalized spacial score (nSPS) is 17.7. The van der Waals surface area contributed by atoms with E-state index in [-0.39, 0.29) is 12.5 Å². The Hall–Kier alpha value is -2.21. The van der Waals surface area contributed by atoms with E-state index in [9.17, 15) is 14.4 Å². The minimum atomic E-state index is -0.421. The first-order valence-electron chi connectivity index (χ1n) is 7.16. The molecule has 1 aliphatic heterocycles. The second-order valence-electron chi connectivity index (χ2n) is 5.45. The molecule has 0 saturated heterocycles. The zero-order valence-corrected chi connectivity index (χ0v) is 11.6. The van der Waals surface area contributed by atoms with Gasteiger partial charge in [0.2, 0.25) is 5.91 Å². The van der Waals surface area contributed by atoms with Crippen molar-refractivity contribution in [1.82, 2.24) is 10.6 Å². The standard InChI is InChI=1S/C15H17N3O3/c19-13(8-16-9-3-1-2-4-9)17-10-5-6-11-12(7-10)15(21)18-14(11)20/h5-7,9,16H,1-4,8H2,(H,17,19)(H,18,20,21). The van der Waals surface area contributed by atoms with Gasteiger partial charge in [0.25, 0.3) is 11.8 Å². The Morgan fingerprint density at radius 3 is 2.62 bits per heavy atom. The molecule has 1 saturated carbocycles. The van der Waals surface area contributed by atoms with Crippen LogP contribution >= 0.6 is 0 Å². The summed E-state index contributed by atoms with van der Waals surface area (Å²) in [6.07, 6.45) is 4.67. The lowest BCUT2D eigenvalue weighted by Crippen LogP contribution is -2.34. The van der Waals surface area contributed by atoms with Gasteiger partial charge in [-0.15, -0.1) is 0 Å². The highest BCUT2D eigenvalue weighted by molar-refractivity contribution is 6.22. The lowest BCUT2D eigenvalue weighted by molar-refractivity contribution is -0.115. The number of amides is 3. The summed E-state index contributed by atoms with van der Waals surface area (Å²) in [6.45, 7) is 0.257. The molecule has 1 aliphatic carbocycles. The fraction of sp³-hybridized carbons (Fsp3) is 0.400. The number of fused-ring (bicyclic) bond motifs is 1. The summed E-state index contributed by atoms with van der Waals surface area (Å²) in [5.41, 5.74) is 1.18. The number of benzene rings is 1. The van der Waals surface area contributed by atoms with Gasteiger partial charge >= 0.3 is 0 Å². The molecule has 0 unspecified atom stereocenters. The third kappa shape index (κ3) is 2.95. The number of rotatable bonds is 4. The summed E-state index contributed by atoms with van der Waals surface area (Å²) in [6, 6.07) is 5.14. The molecule has 1 aromatic rings. The third-order valence-electron chi connectivity index (χ3n) is 3.93. The van der Waals surface area contributed by atoms with Crippen LogP contribution in [-0.4, -0.2) is 30.3 Å². The van der Waals surface area contributed by atoms with Crippen molar-refractivity contribution < 1.29 is 14.4 Å². The van der Waals surface area contributed by atoms with Crippen LogP contribution in [0, 0.1) is 0 Å². The number of hydrogen-bond acceptors (Lipinski definition) is 4. The van der Waals surface area contributed by atoms with Crippen molar-refractivity contribution in [1.29, 1.82) is 0 Å². The second kappa shape index (κ2) is 5.65. The van der Waals surface area contributed by atoms with E-state index >= 15 is 0 Å². The Bertz CT molecular complexity index is 606. The molecule has 2 aliphatic rings. The molecule has 1 heterocycles. The Balaban J connectivity index is 1.60. The maximum atomic E-state index is 11.9. The van der Waals surface area contributed by atoms with Crippen molar-refractivity contribution in [3.8, 4) is 0 Å². The van der Waals surface area contributed by atoms with Gasteiger partial charge in [-0.1, -0.05) is 12.8 Å². The molecule has 110 valence electrons. The third-order valence-corrected chi connectivity index (χ3v) is 3.93. The Labute approximate surface area is 122 Å². The fourth-order valence-corrected chi connectivity index (χ4v) is 2.82. The molecule has 0 bridgehead atoms. The highest BCUT2D eigenvalue weighted by Crippen LogP contribution is 2.20. The van der Waals surface area contributed by atoms with Crippen molar-refractivity contribution in [2.45, 2.75) is 31.7 Å². The average molecular weight is 287 g/mol. The molecule has 6 nitrogen and oxygen atoms in total. The number of hydrogen-bond donors (Lipinski definition) is 3. The lowest BCUT2D eigenvalue weighted by Gasteiger charge is -2.12. The van der Waals surface area contributed by atoms with Crippen LogP contribution in [0.5, 0.6) is 0 Å². The predicted octanol–water partition coefficient (Wildman–Crippen LogP) is 1.04. The number of anilines is 1. The first kappa shape index (κ1) is 13.8. The largest absolute Gasteiger partial charge is 0.325 e. The maximum absolute atomic E-state index is 11.9. The molecule has 21 heavy (non-hydrogen) atoms. The van der Waals surface area contributed by atoms with E-state index in [1.54, 1.807) is 12.1 Å². The second-order valence-corrected chi connectivity index (χ2v) is 5.45. The summed E-state index contributed by atoms with van der Waals surface area (Å²) in [7, 11) is 0. The molecule has 3 N–H and O–H groups in total. The fourth-order valence-electron chi connectivity index (χ4n) is 2.82. The molecule has 1 aromatic carbocycles. The van der Waals surface area contributed by atoms with Crippen LogP contribution in [0.1, 0.15) is 46.4 Å². The van der Waals surface area contributed by atoms with Gasteiger partial charge in [-0.3, -0.25) is 19.7 Å². The van der Waals surface area contributed by atoms with Crippen LogP contribution in [0.2, 0.25) is 0 Å². The average Bonchev–Trinajstić information content (AvgIpc) is 3.06. The molecule has 3 rings (SSSR count). The minimum absolute atomic E-state index is 0.147. The van der Waals surface area contributed by atoms with Crippen molar-refractivity contribution in [3.05, 3.63) is 29.3 Å². The molecular weight excluding hydrogens is 270 g/mol. The molecule has 0 aromatic heterocycles. The first-order valence-corrected chi connectivity index (χ1v) is 7.16. The van der Waals surface area contributed by atoms with Crippen LogP contribution in [0.25, 0.3) is 0 Å². The molecule has 0 atom stereocenters. The van der Waals surface area contributed by atoms with E-state index in [2.05, 4.69) is 16.0 Å². The quantitative estimate of drug-likeness (QED) is 0.722. The zero-order chi connectivity index (χ0) is 14.8. The Kier molecular flexibility index (Phi) is 3.70. The molecule has 1 fully saturated rings. The van der Waals surface area contributed by atoms with Crippen LogP contribution in [0.4, 0.5) is 5.69 Å². The summed E-state index contributed by atoms with van der Waals surface area (Å²) < 4.78 is 0. The van der Waals surface area contributed by atoms with Crippen LogP contribution in [0.15, 0.2) is 18.2 Å². The summed E-state index contributed by atoms with van der Waals surface area (Å²) >= 11 is 0. The van der Waals surface area contributed by atoms with Crippen LogP contribution in [-0.2, 0) is 4.79 Å². The van der Waals surface area contributed by atoms with E-state index in [1.807, 2.05) is 0 Å². The number of carbonyl (C=O) groups excluding carboxylic acids is 3. The summed E-state index contributed by atoms with van der Waals surface area (Å²) in [5, 5.41) is 8.18. The van der Waals surface area contributed by atoms with Gasteiger partial charge < -0.3 is 10.6 Å². The highest BCUT2D eigenvalue weighted by Gasteiger charge is 2.26. The van der Waals surface area contributed by atoms with Gasteiger partial charge in [0.05, 0.1) is 17.7 Å². The topological polar surface area (TPSA) is 87.3 Å². The molecule has 3 amide bonds. The SMILES string of the molecule is O=C(CNC1CCCC1)Nc1ccc2c(c1)C(=O)NC2=O. The van der Waals surface area contributed by atoms with E-state index in [0.29, 0.717) is 22.9 Å². The van der Waals surface area contributed by atoms with Crippen molar-refractivity contribution in [3.63, 3.8) is 0 Å². The van der Waals surface area contributed by atoms with Gasteiger partial charge in [0.1, 0.15) is 0 Å². The predicted molar refractivity (Wildman–Crippen MR) is 77.1 cm³/mol. The molecular formula is C15H17N3O3. The van der Waals surface area contributed by atoms with Crippen molar-refractivity contribution in [2.24, 2.45) is 0 Å². The van der Waals surface area contributed by atoms with Crippen molar-refractivity contribution >= 4 is 23.4 Å². The zero-order valence-electron chi connectivity index (χ0n) is 11.6. The highest BCUT2D eigenvalue weighted by atomic mass is 16.2. The molecule has 6 heteroatoms. The van der Waals surface area contributed by atoms with Gasteiger partial charge in [-0.05, 0) is 31.0 Å². The van der Waals surface area contributed by atoms with Crippen molar-refractivity contribution in [2.75, 3.05) is 11.9 Å². The van der Waals surface area contributed by atoms with Crippen LogP contribution < -0.4 is 16.0 Å². The Morgan fingerprint density at radius 2 is 1.86 bits per heavy atom. The van der Waals surface area contributed by atoms with Gasteiger partial charge in [0.15, 0.2) is 0 Å². The first-order chi connectivity index (χ1) is 10.1. The van der Waals surface area contributed by atoms with Crippen LogP contribution in [0.3, 0.4) is 0 Å². The number of carbonyl (C=O) groups is 3. The van der Waals surface area contributed by atoms with Gasteiger partial charge in [0, 0.05) is 11.7 Å². The smallest absolute Gasteiger partial charge is 0.259 e. The molecule has 0 radical (unpaired) electrons. The minimum Gasteiger partial charge on any atom is -0.325 e.